The summed E-state index contributed by atoms with van der Waals surface area (Å²) in [5.41, 5.74) is 1.01. The van der Waals surface area contributed by atoms with Crippen LogP contribution in [0, 0.1) is 18.3 Å². The van der Waals surface area contributed by atoms with E-state index in [0.717, 1.165) is 17.8 Å². The number of hydrogen-bond donors (Lipinski definition) is 0. The summed E-state index contributed by atoms with van der Waals surface area (Å²) >= 11 is 1.47. The number of pyridine rings is 1. The maximum Gasteiger partial charge on any atom is 0.273 e. The summed E-state index contributed by atoms with van der Waals surface area (Å²) in [5.74, 6) is 0.370. The van der Waals surface area contributed by atoms with E-state index < -0.39 is 0 Å². The molecule has 0 spiro atoms. The highest BCUT2D eigenvalue weighted by Crippen LogP contribution is 2.19. The molecule has 1 fully saturated rings. The first kappa shape index (κ1) is 15.4. The van der Waals surface area contributed by atoms with Crippen molar-refractivity contribution >= 4 is 17.2 Å². The molecule has 1 atom stereocenters. The van der Waals surface area contributed by atoms with Crippen LogP contribution in [-0.2, 0) is 0 Å². The quantitative estimate of drug-likeness (QED) is 0.864. The lowest BCUT2D eigenvalue weighted by atomic mass is 10.1. The van der Waals surface area contributed by atoms with E-state index >= 15 is 0 Å². The minimum Gasteiger partial charge on any atom is -0.472 e. The van der Waals surface area contributed by atoms with Gasteiger partial charge in [0, 0.05) is 24.2 Å². The number of amides is 1. The highest BCUT2D eigenvalue weighted by atomic mass is 32.1. The molecule has 2 aromatic rings. The number of carbonyl (C=O) groups is 1. The van der Waals surface area contributed by atoms with Gasteiger partial charge in [-0.2, -0.15) is 5.26 Å². The van der Waals surface area contributed by atoms with E-state index in [0.29, 0.717) is 30.2 Å². The number of carbonyl (C=O) groups excluding carboxylic acids is 1. The van der Waals surface area contributed by atoms with E-state index in [1.54, 1.807) is 28.6 Å². The summed E-state index contributed by atoms with van der Waals surface area (Å²) in [6.45, 7) is 3.10. The normalized spacial score (nSPS) is 17.6. The Labute approximate surface area is 138 Å². The molecule has 1 aliphatic rings. The van der Waals surface area contributed by atoms with Gasteiger partial charge in [-0.15, -0.1) is 11.3 Å². The first-order valence-corrected chi connectivity index (χ1v) is 8.28. The Morgan fingerprint density at radius 3 is 3.17 bits per heavy atom. The zero-order valence-electron chi connectivity index (χ0n) is 12.7. The van der Waals surface area contributed by atoms with Gasteiger partial charge in [-0.25, -0.2) is 9.97 Å². The van der Waals surface area contributed by atoms with Gasteiger partial charge in [0.15, 0.2) is 0 Å². The molecule has 1 amide bonds. The van der Waals surface area contributed by atoms with Crippen molar-refractivity contribution in [2.75, 3.05) is 13.1 Å². The third-order valence-corrected chi connectivity index (χ3v) is 4.43. The Morgan fingerprint density at radius 2 is 2.43 bits per heavy atom. The second-order valence-corrected chi connectivity index (χ2v) is 6.44. The molecule has 23 heavy (non-hydrogen) atoms. The van der Waals surface area contributed by atoms with Crippen molar-refractivity contribution in [2.24, 2.45) is 0 Å². The number of ether oxygens (including phenoxy) is 1. The lowest BCUT2D eigenvalue weighted by Crippen LogP contribution is -2.44. The Balaban J connectivity index is 1.66. The van der Waals surface area contributed by atoms with E-state index in [4.69, 9.17) is 10.00 Å². The predicted octanol–water partition coefficient (Wildman–Crippen LogP) is 2.40. The van der Waals surface area contributed by atoms with E-state index in [-0.39, 0.29) is 12.0 Å². The Bertz CT molecular complexity index is 753. The monoisotopic (exact) mass is 328 g/mol. The molecule has 3 heterocycles. The highest BCUT2D eigenvalue weighted by molar-refractivity contribution is 7.09. The number of piperidine rings is 1. The Kier molecular flexibility index (Phi) is 4.53. The third-order valence-electron chi connectivity index (χ3n) is 3.65. The summed E-state index contributed by atoms with van der Waals surface area (Å²) in [6.07, 6.45) is 3.17. The highest BCUT2D eigenvalue weighted by Gasteiger charge is 2.27. The molecule has 7 heteroatoms. The van der Waals surface area contributed by atoms with Gasteiger partial charge < -0.3 is 9.64 Å². The molecule has 0 aromatic carbocycles. The number of likely N-dealkylation sites (tertiary alicyclic amines) is 1. The molecule has 0 N–H and O–H groups in total. The second-order valence-electron chi connectivity index (χ2n) is 5.38. The van der Waals surface area contributed by atoms with E-state index in [9.17, 15) is 4.79 Å². The predicted molar refractivity (Wildman–Crippen MR) is 85.4 cm³/mol. The zero-order chi connectivity index (χ0) is 16.2. The fourth-order valence-electron chi connectivity index (χ4n) is 2.56. The van der Waals surface area contributed by atoms with Crippen LogP contribution >= 0.6 is 11.3 Å². The van der Waals surface area contributed by atoms with Gasteiger partial charge in [0.25, 0.3) is 5.91 Å². The fraction of sp³-hybridized carbons (Fsp3) is 0.375. The van der Waals surface area contributed by atoms with Crippen molar-refractivity contribution in [1.29, 1.82) is 5.26 Å². The van der Waals surface area contributed by atoms with Crippen LogP contribution in [0.2, 0.25) is 0 Å². The molecule has 1 saturated heterocycles. The van der Waals surface area contributed by atoms with Crippen LogP contribution in [0.5, 0.6) is 5.88 Å². The van der Waals surface area contributed by atoms with E-state index in [2.05, 4.69) is 16.0 Å². The first-order valence-electron chi connectivity index (χ1n) is 7.40. The summed E-state index contributed by atoms with van der Waals surface area (Å²) in [6, 6.07) is 5.31. The lowest BCUT2D eigenvalue weighted by molar-refractivity contribution is 0.0523. The Hall–Kier alpha value is -2.46. The molecule has 0 unspecified atom stereocenters. The molecular formula is C16H16N4O2S. The van der Waals surface area contributed by atoms with Crippen LogP contribution in [-0.4, -0.2) is 40.0 Å². The molecule has 3 rings (SSSR count). The molecule has 0 radical (unpaired) electrons. The van der Waals surface area contributed by atoms with Gasteiger partial charge in [0.05, 0.1) is 23.2 Å². The topological polar surface area (TPSA) is 79.1 Å². The van der Waals surface area contributed by atoms with Crippen LogP contribution in [0.1, 0.15) is 33.9 Å². The number of thiazole rings is 1. The number of nitrogens with zero attached hydrogens (tertiary/aromatic N) is 4. The van der Waals surface area contributed by atoms with Gasteiger partial charge >= 0.3 is 0 Å². The molecule has 6 nitrogen and oxygen atoms in total. The smallest absolute Gasteiger partial charge is 0.273 e. The maximum atomic E-state index is 12.5. The standard InChI is InChI=1S/C16H16N4O2S/c1-11-19-14(10-23-11)16(21)20-6-2-3-13(9-20)22-15-7-12(8-17)4-5-18-15/h4-5,7,10,13H,2-3,6,9H2,1H3/t13-/m1/s1. The molecule has 1 aliphatic heterocycles. The maximum absolute atomic E-state index is 12.5. The summed E-state index contributed by atoms with van der Waals surface area (Å²) < 4.78 is 5.85. The molecule has 118 valence electrons. The number of rotatable bonds is 3. The number of aryl methyl sites for hydroxylation is 1. The summed E-state index contributed by atoms with van der Waals surface area (Å²) in [5, 5.41) is 11.6. The van der Waals surface area contributed by atoms with Crippen molar-refractivity contribution in [3.8, 4) is 11.9 Å². The van der Waals surface area contributed by atoms with Crippen molar-refractivity contribution in [3.63, 3.8) is 0 Å². The third kappa shape index (κ3) is 3.66. The Morgan fingerprint density at radius 1 is 1.57 bits per heavy atom. The van der Waals surface area contributed by atoms with Crippen LogP contribution in [0.15, 0.2) is 23.7 Å². The molecular weight excluding hydrogens is 312 g/mol. The SMILES string of the molecule is Cc1nc(C(=O)N2CCC[C@@H](Oc3cc(C#N)ccn3)C2)cs1. The zero-order valence-corrected chi connectivity index (χ0v) is 13.5. The largest absolute Gasteiger partial charge is 0.472 e. The molecule has 0 saturated carbocycles. The number of hydrogen-bond acceptors (Lipinski definition) is 6. The summed E-state index contributed by atoms with van der Waals surface area (Å²) in [7, 11) is 0. The molecule has 2 aromatic heterocycles. The van der Waals surface area contributed by atoms with Crippen molar-refractivity contribution in [3.05, 3.63) is 40.0 Å². The number of aromatic nitrogens is 2. The van der Waals surface area contributed by atoms with Crippen LogP contribution in [0.25, 0.3) is 0 Å². The molecule has 0 aliphatic carbocycles. The second kappa shape index (κ2) is 6.75. The first-order chi connectivity index (χ1) is 11.2. The van der Waals surface area contributed by atoms with Gasteiger partial charge in [0.1, 0.15) is 11.8 Å². The van der Waals surface area contributed by atoms with Crippen LogP contribution < -0.4 is 4.74 Å². The van der Waals surface area contributed by atoms with Crippen LogP contribution in [0.3, 0.4) is 0 Å². The molecule has 0 bridgehead atoms. The van der Waals surface area contributed by atoms with Crippen LogP contribution in [0.4, 0.5) is 0 Å². The van der Waals surface area contributed by atoms with E-state index in [1.807, 2.05) is 6.92 Å². The van der Waals surface area contributed by atoms with Gasteiger partial charge in [0.2, 0.25) is 5.88 Å². The lowest BCUT2D eigenvalue weighted by Gasteiger charge is -2.32. The summed E-state index contributed by atoms with van der Waals surface area (Å²) in [4.78, 5) is 22.6. The minimum absolute atomic E-state index is 0.0543. The van der Waals surface area contributed by atoms with Gasteiger partial charge in [-0.3, -0.25) is 4.79 Å². The average molecular weight is 328 g/mol. The van der Waals surface area contributed by atoms with Crippen molar-refractivity contribution in [2.45, 2.75) is 25.9 Å². The van der Waals surface area contributed by atoms with Gasteiger partial charge in [-0.05, 0) is 25.8 Å². The number of nitriles is 1. The average Bonchev–Trinajstić information content (AvgIpc) is 3.01. The van der Waals surface area contributed by atoms with Gasteiger partial charge in [-0.1, -0.05) is 0 Å². The minimum atomic E-state index is -0.117. The van der Waals surface area contributed by atoms with E-state index in [1.165, 1.54) is 11.3 Å². The van der Waals surface area contributed by atoms with Crippen molar-refractivity contribution in [1.82, 2.24) is 14.9 Å². The fourth-order valence-corrected chi connectivity index (χ4v) is 3.14. The van der Waals surface area contributed by atoms with Crippen molar-refractivity contribution < 1.29 is 9.53 Å².